The van der Waals surface area contributed by atoms with Crippen LogP contribution in [0.4, 0.5) is 4.79 Å². The first-order valence-corrected chi connectivity index (χ1v) is 8.07. The molecule has 1 aromatic rings. The van der Waals surface area contributed by atoms with Gasteiger partial charge in [0, 0.05) is 5.70 Å². The Morgan fingerprint density at radius 3 is 2.90 bits per heavy atom. The molecule has 0 radical (unpaired) electrons. The van der Waals surface area contributed by atoms with E-state index in [1.807, 2.05) is 16.8 Å². The zero-order valence-electron chi connectivity index (χ0n) is 11.8. The third kappa shape index (κ3) is 2.95. The number of hydrogen-bond donors (Lipinski definition) is 2. The van der Waals surface area contributed by atoms with Gasteiger partial charge in [-0.3, -0.25) is 0 Å². The molecule has 2 N–H and O–H groups in total. The number of carbonyl (C=O) groups excluding carboxylic acids is 2. The molecule has 5 nitrogen and oxygen atoms in total. The maximum atomic E-state index is 12.4. The number of thiophene rings is 1. The van der Waals surface area contributed by atoms with Gasteiger partial charge in [-0.2, -0.15) is 11.3 Å². The molecule has 1 aliphatic heterocycles. The third-order valence-corrected chi connectivity index (χ3v) is 4.74. The zero-order chi connectivity index (χ0) is 14.8. The van der Waals surface area contributed by atoms with Gasteiger partial charge in [-0.15, -0.1) is 0 Å². The molecule has 0 saturated heterocycles. The quantitative estimate of drug-likeness (QED) is 0.841. The first-order chi connectivity index (χ1) is 10.1. The number of carbonyl (C=O) groups is 2. The minimum Gasteiger partial charge on any atom is -0.462 e. The van der Waals surface area contributed by atoms with Gasteiger partial charge < -0.3 is 15.4 Å². The molecule has 21 heavy (non-hydrogen) atoms. The number of esters is 1. The van der Waals surface area contributed by atoms with Crippen molar-refractivity contribution in [2.45, 2.75) is 32.2 Å². The fourth-order valence-corrected chi connectivity index (χ4v) is 3.27. The fourth-order valence-electron chi connectivity index (χ4n) is 2.58. The van der Waals surface area contributed by atoms with E-state index >= 15 is 0 Å². The Balaban J connectivity index is 1.79. The van der Waals surface area contributed by atoms with Crippen molar-refractivity contribution in [3.63, 3.8) is 0 Å². The van der Waals surface area contributed by atoms with E-state index < -0.39 is 6.04 Å². The minimum atomic E-state index is -0.432. The topological polar surface area (TPSA) is 67.4 Å². The Hall–Kier alpha value is -1.82. The van der Waals surface area contributed by atoms with Crippen LogP contribution in [0.25, 0.3) is 0 Å². The molecule has 3 rings (SSSR count). The van der Waals surface area contributed by atoms with Gasteiger partial charge >= 0.3 is 12.0 Å². The van der Waals surface area contributed by atoms with Crippen LogP contribution >= 0.6 is 11.3 Å². The standard InChI is InChI=1S/C15H18N2O3S/c1-9-12(14(18)20-7-10-3-2-4-10)13(17-15(19)16-9)11-5-6-21-8-11/h5-6,8,10,13H,2-4,7H2,1H3,(H2,16,17,19). The van der Waals surface area contributed by atoms with Crippen molar-refractivity contribution in [3.05, 3.63) is 33.7 Å². The van der Waals surface area contributed by atoms with Crippen molar-refractivity contribution in [1.82, 2.24) is 10.6 Å². The second kappa shape index (κ2) is 5.89. The molecule has 0 aromatic carbocycles. The van der Waals surface area contributed by atoms with E-state index in [-0.39, 0.29) is 12.0 Å². The number of hydrogen-bond acceptors (Lipinski definition) is 4. The van der Waals surface area contributed by atoms with E-state index in [0.717, 1.165) is 18.4 Å². The summed E-state index contributed by atoms with van der Waals surface area (Å²) in [5.74, 6) is 0.156. The lowest BCUT2D eigenvalue weighted by Crippen LogP contribution is -2.45. The molecule has 1 aliphatic carbocycles. The summed E-state index contributed by atoms with van der Waals surface area (Å²) in [4.78, 5) is 24.1. The number of rotatable bonds is 4. The van der Waals surface area contributed by atoms with Gasteiger partial charge in [0.25, 0.3) is 0 Å². The predicted molar refractivity (Wildman–Crippen MR) is 79.7 cm³/mol. The molecule has 0 spiro atoms. The zero-order valence-corrected chi connectivity index (χ0v) is 12.7. The highest BCUT2D eigenvalue weighted by Gasteiger charge is 2.33. The number of urea groups is 1. The first kappa shape index (κ1) is 14.1. The molecule has 1 aromatic heterocycles. The molecule has 0 bridgehead atoms. The van der Waals surface area contributed by atoms with E-state index in [4.69, 9.17) is 4.74 Å². The first-order valence-electron chi connectivity index (χ1n) is 7.12. The van der Waals surface area contributed by atoms with E-state index in [9.17, 15) is 9.59 Å². The van der Waals surface area contributed by atoms with E-state index in [0.29, 0.717) is 23.8 Å². The summed E-state index contributed by atoms with van der Waals surface area (Å²) in [5.41, 5.74) is 1.96. The largest absolute Gasteiger partial charge is 0.462 e. The number of nitrogens with one attached hydrogen (secondary N) is 2. The average Bonchev–Trinajstić information content (AvgIpc) is 2.89. The average molecular weight is 306 g/mol. The maximum Gasteiger partial charge on any atom is 0.338 e. The predicted octanol–water partition coefficient (Wildman–Crippen LogP) is 2.72. The lowest BCUT2D eigenvalue weighted by atomic mass is 9.86. The number of amides is 2. The maximum absolute atomic E-state index is 12.4. The van der Waals surface area contributed by atoms with Crippen LogP contribution in [-0.4, -0.2) is 18.6 Å². The van der Waals surface area contributed by atoms with Crippen molar-refractivity contribution in [3.8, 4) is 0 Å². The highest BCUT2D eigenvalue weighted by molar-refractivity contribution is 7.08. The fraction of sp³-hybridized carbons (Fsp3) is 0.467. The van der Waals surface area contributed by atoms with Gasteiger partial charge in [-0.05, 0) is 48.1 Å². The second-order valence-electron chi connectivity index (χ2n) is 5.52. The van der Waals surface area contributed by atoms with Gasteiger partial charge in [-0.1, -0.05) is 6.42 Å². The summed E-state index contributed by atoms with van der Waals surface area (Å²) in [7, 11) is 0. The van der Waals surface area contributed by atoms with Crippen LogP contribution in [0.1, 0.15) is 37.8 Å². The van der Waals surface area contributed by atoms with Gasteiger partial charge in [-0.25, -0.2) is 9.59 Å². The number of ether oxygens (including phenoxy) is 1. The van der Waals surface area contributed by atoms with Gasteiger partial charge in [0.2, 0.25) is 0 Å². The number of allylic oxidation sites excluding steroid dienone is 1. The molecule has 2 aliphatic rings. The monoisotopic (exact) mass is 306 g/mol. The van der Waals surface area contributed by atoms with Crippen LogP contribution in [0, 0.1) is 5.92 Å². The van der Waals surface area contributed by atoms with E-state index in [2.05, 4.69) is 10.6 Å². The van der Waals surface area contributed by atoms with Gasteiger partial charge in [0.05, 0.1) is 18.2 Å². The van der Waals surface area contributed by atoms with Crippen LogP contribution in [0.3, 0.4) is 0 Å². The summed E-state index contributed by atoms with van der Waals surface area (Å²) in [6.07, 6.45) is 3.49. The molecular weight excluding hydrogens is 288 g/mol. The lowest BCUT2D eigenvalue weighted by molar-refractivity contribution is -0.141. The molecule has 6 heteroatoms. The van der Waals surface area contributed by atoms with Crippen molar-refractivity contribution >= 4 is 23.3 Å². The molecule has 1 fully saturated rings. The molecule has 1 saturated carbocycles. The Morgan fingerprint density at radius 1 is 1.48 bits per heavy atom. The minimum absolute atomic E-state index is 0.292. The molecule has 2 amide bonds. The van der Waals surface area contributed by atoms with E-state index in [1.54, 1.807) is 6.92 Å². The summed E-state index contributed by atoms with van der Waals surface area (Å²) in [6.45, 7) is 2.21. The second-order valence-corrected chi connectivity index (χ2v) is 6.30. The highest BCUT2D eigenvalue weighted by atomic mass is 32.1. The Morgan fingerprint density at radius 2 is 2.29 bits per heavy atom. The van der Waals surface area contributed by atoms with Crippen LogP contribution in [0.5, 0.6) is 0 Å². The summed E-state index contributed by atoms with van der Waals surface area (Å²) < 4.78 is 5.43. The Kier molecular flexibility index (Phi) is 3.96. The molecule has 112 valence electrons. The normalized spacial score (nSPS) is 22.3. The smallest absolute Gasteiger partial charge is 0.338 e. The van der Waals surface area contributed by atoms with Crippen LogP contribution in [0.2, 0.25) is 0 Å². The van der Waals surface area contributed by atoms with E-state index in [1.165, 1.54) is 17.8 Å². The van der Waals surface area contributed by atoms with Crippen molar-refractivity contribution < 1.29 is 14.3 Å². The lowest BCUT2D eigenvalue weighted by Gasteiger charge is -2.29. The molecule has 1 atom stereocenters. The van der Waals surface area contributed by atoms with Crippen molar-refractivity contribution in [2.24, 2.45) is 5.92 Å². The van der Waals surface area contributed by atoms with Gasteiger partial charge in [0.1, 0.15) is 0 Å². The summed E-state index contributed by atoms with van der Waals surface area (Å²) >= 11 is 1.53. The Labute approximate surface area is 127 Å². The molecule has 2 heterocycles. The molecule has 1 unspecified atom stereocenters. The SMILES string of the molecule is CC1=C(C(=O)OCC2CCC2)C(c2ccsc2)NC(=O)N1. The van der Waals surface area contributed by atoms with Gasteiger partial charge in [0.15, 0.2) is 0 Å². The van der Waals surface area contributed by atoms with Crippen LogP contribution in [-0.2, 0) is 9.53 Å². The summed E-state index contributed by atoms with van der Waals surface area (Å²) in [5, 5.41) is 9.30. The van der Waals surface area contributed by atoms with Crippen molar-refractivity contribution in [2.75, 3.05) is 6.61 Å². The summed E-state index contributed by atoms with van der Waals surface area (Å²) in [6, 6.07) is 1.19. The van der Waals surface area contributed by atoms with Crippen LogP contribution < -0.4 is 10.6 Å². The third-order valence-electron chi connectivity index (χ3n) is 4.04. The van der Waals surface area contributed by atoms with Crippen LogP contribution in [0.15, 0.2) is 28.1 Å². The van der Waals surface area contributed by atoms with Crippen molar-refractivity contribution in [1.29, 1.82) is 0 Å². The Bertz CT molecular complexity index is 576. The highest BCUT2D eigenvalue weighted by Crippen LogP contribution is 2.30. The molecular formula is C15H18N2O3S.